The topological polar surface area (TPSA) is 75.6 Å². The van der Waals surface area contributed by atoms with E-state index in [-0.39, 0.29) is 17.3 Å². The van der Waals surface area contributed by atoms with Crippen molar-refractivity contribution >= 4 is 17.7 Å². The molecule has 1 aromatic carbocycles. The number of nitrogens with zero attached hydrogens (tertiary/aromatic N) is 4. The van der Waals surface area contributed by atoms with Crippen molar-refractivity contribution in [1.82, 2.24) is 14.9 Å². The maximum atomic E-state index is 13.3. The fraction of sp³-hybridized carbons (Fsp3) is 0.500. The second-order valence-electron chi connectivity index (χ2n) is 8.99. The molecule has 5 rings (SSSR count). The van der Waals surface area contributed by atoms with Crippen molar-refractivity contribution in [3.63, 3.8) is 0 Å². The van der Waals surface area contributed by atoms with E-state index in [2.05, 4.69) is 27.9 Å². The van der Waals surface area contributed by atoms with Crippen molar-refractivity contribution in [2.45, 2.75) is 46.1 Å². The molecule has 0 aliphatic carbocycles. The Balaban J connectivity index is 1.20. The third-order valence-corrected chi connectivity index (χ3v) is 7.34. The highest BCUT2D eigenvalue weighted by molar-refractivity contribution is 5.99. The standard InChI is InChI=1S/C24H28N4O3/c1-16-18(3-4-19-20(16)15-31-22(19)29)6-11-27-12-7-24(8-13-27)9-14-28(23(24)30)21-5-10-25-17(2)26-21/h3-5,10H,6-9,11-15H2,1-2H3. The number of cyclic esters (lactones) is 1. The molecule has 31 heavy (non-hydrogen) atoms. The highest BCUT2D eigenvalue weighted by Gasteiger charge is 2.48. The van der Waals surface area contributed by atoms with Crippen molar-refractivity contribution < 1.29 is 14.3 Å². The molecule has 0 atom stereocenters. The molecule has 2 saturated heterocycles. The van der Waals surface area contributed by atoms with Gasteiger partial charge in [0.25, 0.3) is 0 Å². The number of fused-ring (bicyclic) bond motifs is 1. The molecular weight excluding hydrogens is 392 g/mol. The number of piperidine rings is 1. The van der Waals surface area contributed by atoms with E-state index < -0.39 is 0 Å². The van der Waals surface area contributed by atoms with E-state index in [1.165, 1.54) is 11.1 Å². The van der Waals surface area contributed by atoms with Crippen LogP contribution in [0.1, 0.15) is 52.1 Å². The van der Waals surface area contributed by atoms with E-state index in [1.807, 2.05) is 24.0 Å². The summed E-state index contributed by atoms with van der Waals surface area (Å²) in [5.74, 6) is 1.44. The van der Waals surface area contributed by atoms with Gasteiger partial charge in [-0.05, 0) is 75.9 Å². The summed E-state index contributed by atoms with van der Waals surface area (Å²) in [6.45, 7) is 7.91. The minimum atomic E-state index is -0.240. The number of hydrogen-bond donors (Lipinski definition) is 0. The molecule has 2 fully saturated rings. The van der Waals surface area contributed by atoms with Crippen molar-refractivity contribution in [2.75, 3.05) is 31.1 Å². The largest absolute Gasteiger partial charge is 0.457 e. The normalized spacial score (nSPS) is 20.4. The second-order valence-corrected chi connectivity index (χ2v) is 8.99. The summed E-state index contributed by atoms with van der Waals surface area (Å²) < 4.78 is 5.17. The molecule has 7 nitrogen and oxygen atoms in total. The molecule has 4 heterocycles. The number of carbonyl (C=O) groups is 2. The Bertz CT molecular complexity index is 1040. The summed E-state index contributed by atoms with van der Waals surface area (Å²) in [4.78, 5) is 37.9. The Morgan fingerprint density at radius 1 is 1.06 bits per heavy atom. The van der Waals surface area contributed by atoms with Gasteiger partial charge in [-0.2, -0.15) is 0 Å². The van der Waals surface area contributed by atoms with E-state index in [0.29, 0.717) is 18.0 Å². The van der Waals surface area contributed by atoms with E-state index in [9.17, 15) is 9.59 Å². The predicted octanol–water partition coefficient (Wildman–Crippen LogP) is 2.83. The Morgan fingerprint density at radius 2 is 1.84 bits per heavy atom. The molecular formula is C24H28N4O3. The lowest BCUT2D eigenvalue weighted by atomic mass is 9.77. The average Bonchev–Trinajstić information content (AvgIpc) is 3.30. The quantitative estimate of drug-likeness (QED) is 0.708. The number of hydrogen-bond acceptors (Lipinski definition) is 6. The highest BCUT2D eigenvalue weighted by atomic mass is 16.5. The van der Waals surface area contributed by atoms with Gasteiger partial charge in [0.1, 0.15) is 18.2 Å². The number of rotatable bonds is 4. The van der Waals surface area contributed by atoms with Crippen molar-refractivity contribution in [2.24, 2.45) is 5.41 Å². The first-order valence-corrected chi connectivity index (χ1v) is 11.1. The van der Waals surface area contributed by atoms with E-state index in [4.69, 9.17) is 4.74 Å². The first-order chi connectivity index (χ1) is 15.0. The van der Waals surface area contributed by atoms with Crippen LogP contribution in [0.3, 0.4) is 0 Å². The van der Waals surface area contributed by atoms with Gasteiger partial charge in [0, 0.05) is 24.8 Å². The number of benzene rings is 1. The van der Waals surface area contributed by atoms with E-state index in [0.717, 1.165) is 63.2 Å². The summed E-state index contributed by atoms with van der Waals surface area (Å²) >= 11 is 0. The van der Waals surface area contributed by atoms with Gasteiger partial charge in [-0.3, -0.25) is 9.69 Å². The minimum absolute atomic E-state index is 0.210. The number of amides is 1. The smallest absolute Gasteiger partial charge is 0.338 e. The molecule has 162 valence electrons. The Morgan fingerprint density at radius 3 is 2.61 bits per heavy atom. The lowest BCUT2D eigenvalue weighted by molar-refractivity contribution is -0.128. The van der Waals surface area contributed by atoms with E-state index in [1.54, 1.807) is 6.20 Å². The predicted molar refractivity (Wildman–Crippen MR) is 116 cm³/mol. The van der Waals surface area contributed by atoms with Gasteiger partial charge in [-0.1, -0.05) is 6.07 Å². The van der Waals surface area contributed by atoms with Gasteiger partial charge in [-0.15, -0.1) is 0 Å². The molecule has 7 heteroatoms. The number of aromatic nitrogens is 2. The van der Waals surface area contributed by atoms with Crippen LogP contribution in [0.25, 0.3) is 0 Å². The van der Waals surface area contributed by atoms with Gasteiger partial charge < -0.3 is 9.64 Å². The average molecular weight is 421 g/mol. The number of carbonyl (C=O) groups excluding carboxylic acids is 2. The van der Waals surface area contributed by atoms with Crippen LogP contribution in [0.15, 0.2) is 24.4 Å². The van der Waals surface area contributed by atoms with Crippen LogP contribution < -0.4 is 4.90 Å². The lowest BCUT2D eigenvalue weighted by Crippen LogP contribution is -2.45. The lowest BCUT2D eigenvalue weighted by Gasteiger charge is -2.38. The SMILES string of the molecule is Cc1nccc(N2CCC3(CCN(CCc4ccc5c(c4C)COC5=O)CC3)C2=O)n1. The molecule has 0 unspecified atom stereocenters. The third-order valence-electron chi connectivity index (χ3n) is 7.34. The number of likely N-dealkylation sites (tertiary alicyclic amines) is 1. The maximum Gasteiger partial charge on any atom is 0.338 e. The number of anilines is 1. The molecule has 1 amide bonds. The summed E-state index contributed by atoms with van der Waals surface area (Å²) in [6.07, 6.45) is 5.37. The summed E-state index contributed by atoms with van der Waals surface area (Å²) in [5, 5.41) is 0. The van der Waals surface area contributed by atoms with Crippen LogP contribution >= 0.6 is 0 Å². The molecule has 0 radical (unpaired) electrons. The van der Waals surface area contributed by atoms with Gasteiger partial charge in [0.15, 0.2) is 0 Å². The molecule has 0 saturated carbocycles. The molecule has 1 aromatic heterocycles. The fourth-order valence-electron chi connectivity index (χ4n) is 5.25. The van der Waals surface area contributed by atoms with Gasteiger partial charge in [0.2, 0.25) is 5.91 Å². The minimum Gasteiger partial charge on any atom is -0.457 e. The Kier molecular flexibility index (Phi) is 5.01. The summed E-state index contributed by atoms with van der Waals surface area (Å²) in [5.41, 5.74) is 3.97. The summed E-state index contributed by atoms with van der Waals surface area (Å²) in [6, 6.07) is 5.80. The number of ether oxygens (including phenoxy) is 1. The molecule has 0 bridgehead atoms. The Labute approximate surface area is 182 Å². The van der Waals surface area contributed by atoms with Gasteiger partial charge in [-0.25, -0.2) is 14.8 Å². The van der Waals surface area contributed by atoms with Gasteiger partial charge >= 0.3 is 5.97 Å². The number of aryl methyl sites for hydroxylation is 1. The molecule has 0 N–H and O–H groups in total. The maximum absolute atomic E-state index is 13.3. The van der Waals surface area contributed by atoms with Crippen molar-refractivity contribution in [3.8, 4) is 0 Å². The van der Waals surface area contributed by atoms with Crippen LogP contribution in [0, 0.1) is 19.3 Å². The first kappa shape index (κ1) is 20.1. The molecule has 3 aliphatic rings. The van der Waals surface area contributed by atoms with Crippen LogP contribution in [-0.2, 0) is 22.6 Å². The molecule has 2 aromatic rings. The van der Waals surface area contributed by atoms with Crippen molar-refractivity contribution in [3.05, 3.63) is 52.5 Å². The fourth-order valence-corrected chi connectivity index (χ4v) is 5.25. The van der Waals surface area contributed by atoms with E-state index >= 15 is 0 Å². The zero-order valence-electron chi connectivity index (χ0n) is 18.2. The zero-order valence-corrected chi connectivity index (χ0v) is 18.2. The van der Waals surface area contributed by atoms with Gasteiger partial charge in [0.05, 0.1) is 11.0 Å². The molecule has 3 aliphatic heterocycles. The van der Waals surface area contributed by atoms with Crippen molar-refractivity contribution in [1.29, 1.82) is 0 Å². The number of esters is 1. The summed E-state index contributed by atoms with van der Waals surface area (Å²) in [7, 11) is 0. The van der Waals surface area contributed by atoms with Crippen LogP contribution in [0.4, 0.5) is 5.82 Å². The Hall–Kier alpha value is -2.80. The second kappa shape index (κ2) is 7.71. The first-order valence-electron chi connectivity index (χ1n) is 11.1. The third kappa shape index (κ3) is 3.51. The van der Waals surface area contributed by atoms with Crippen LogP contribution in [0.5, 0.6) is 0 Å². The highest BCUT2D eigenvalue weighted by Crippen LogP contribution is 2.42. The van der Waals surface area contributed by atoms with Crippen LogP contribution in [0.2, 0.25) is 0 Å². The monoisotopic (exact) mass is 420 g/mol. The molecule has 1 spiro atoms. The van der Waals surface area contributed by atoms with Crippen LogP contribution in [-0.4, -0.2) is 52.9 Å². The zero-order chi connectivity index (χ0) is 21.6.